The molecule has 0 saturated carbocycles. The Bertz CT molecular complexity index is 373. The summed E-state index contributed by atoms with van der Waals surface area (Å²) in [6.07, 6.45) is 2.50. The quantitative estimate of drug-likeness (QED) is 0.529. The molecule has 1 N–H and O–H groups in total. The Morgan fingerprint density at radius 2 is 1.74 bits per heavy atom. The molecule has 5 heteroatoms. The van der Waals surface area contributed by atoms with E-state index in [1.54, 1.807) is 0 Å². The van der Waals surface area contributed by atoms with E-state index in [2.05, 4.69) is 67.0 Å². The second kappa shape index (κ2) is 9.37. The molecule has 0 atom stereocenters. The smallest absolute Gasteiger partial charge is 0.147 e. The van der Waals surface area contributed by atoms with Crippen LogP contribution in [-0.2, 0) is 0 Å². The minimum absolute atomic E-state index is 0.667. The maximum absolute atomic E-state index is 5.77. The van der Waals surface area contributed by atoms with Crippen LogP contribution in [0.3, 0.4) is 0 Å². The van der Waals surface area contributed by atoms with Gasteiger partial charge in [-0.1, -0.05) is 29.8 Å². The summed E-state index contributed by atoms with van der Waals surface area (Å²) in [6.45, 7) is 7.11. The van der Waals surface area contributed by atoms with Crippen molar-refractivity contribution < 1.29 is 4.74 Å². The van der Waals surface area contributed by atoms with Crippen molar-refractivity contribution in [2.45, 2.75) is 26.7 Å². The lowest BCUT2D eigenvalue weighted by atomic mass is 10.1. The highest BCUT2D eigenvalue weighted by atomic mass is 79.9. The summed E-state index contributed by atoms with van der Waals surface area (Å²) in [5.74, 6) is 1.64. The summed E-state index contributed by atoms with van der Waals surface area (Å²) >= 11 is 10.4. The fraction of sp³-hybridized carbons (Fsp3) is 0.571. The van der Waals surface area contributed by atoms with Gasteiger partial charge in [-0.3, -0.25) is 0 Å². The minimum atomic E-state index is 0.667. The summed E-state index contributed by atoms with van der Waals surface area (Å²) in [6, 6.07) is 3.96. The zero-order valence-corrected chi connectivity index (χ0v) is 16.1. The lowest BCUT2D eigenvalue weighted by molar-refractivity contribution is 0.309. The molecule has 0 aliphatic heterocycles. The second-order valence-corrected chi connectivity index (χ2v) is 7.46. The van der Waals surface area contributed by atoms with Gasteiger partial charge in [0.1, 0.15) is 12.4 Å². The average Bonchev–Trinajstić information content (AvgIpc) is 2.30. The molecule has 0 fully saturated rings. The molecule has 0 heterocycles. The van der Waals surface area contributed by atoms with Crippen LogP contribution in [0.25, 0.3) is 0 Å². The molecule has 0 aliphatic carbocycles. The molecule has 1 aromatic carbocycles. The molecule has 19 heavy (non-hydrogen) atoms. The third kappa shape index (κ3) is 7.11. The zero-order chi connectivity index (χ0) is 14.3. The molecule has 1 aromatic rings. The van der Waals surface area contributed by atoms with Crippen LogP contribution < -0.4 is 10.1 Å². The first kappa shape index (κ1) is 17.5. The van der Waals surface area contributed by atoms with Crippen LogP contribution in [0, 0.1) is 5.92 Å². The zero-order valence-electron chi connectivity index (χ0n) is 11.3. The molecule has 108 valence electrons. The molecule has 0 aliphatic rings. The fourth-order valence-electron chi connectivity index (χ4n) is 1.65. The molecule has 0 unspecified atom stereocenters. The number of benzene rings is 1. The van der Waals surface area contributed by atoms with Gasteiger partial charge in [0.15, 0.2) is 0 Å². The molecular weight excluding hydrogens is 438 g/mol. The highest BCUT2D eigenvalue weighted by Crippen LogP contribution is 2.36. The van der Waals surface area contributed by atoms with Crippen molar-refractivity contribution in [3.63, 3.8) is 0 Å². The molecule has 0 saturated heterocycles. The van der Waals surface area contributed by atoms with Gasteiger partial charge in [0.2, 0.25) is 0 Å². The van der Waals surface area contributed by atoms with Crippen molar-refractivity contribution in [3.05, 3.63) is 25.6 Å². The van der Waals surface area contributed by atoms with E-state index in [9.17, 15) is 0 Å². The second-order valence-electron chi connectivity index (χ2n) is 4.83. The molecule has 1 rings (SSSR count). The van der Waals surface area contributed by atoms with Crippen LogP contribution in [0.5, 0.6) is 5.75 Å². The first-order chi connectivity index (χ1) is 9.00. The van der Waals surface area contributed by atoms with E-state index in [1.807, 2.05) is 12.1 Å². The van der Waals surface area contributed by atoms with Crippen LogP contribution in [-0.4, -0.2) is 19.7 Å². The summed E-state index contributed by atoms with van der Waals surface area (Å²) in [5.41, 5.74) is 0. The van der Waals surface area contributed by atoms with Crippen LogP contribution in [0.4, 0.5) is 0 Å². The normalized spacial score (nSPS) is 11.1. The Kier molecular flexibility index (Phi) is 8.62. The Hall–Kier alpha value is 0.420. The lowest BCUT2D eigenvalue weighted by Crippen LogP contribution is -2.22. The SMILES string of the molecule is CC(C)CCCNCCOc1c(Br)cc(Br)cc1Br. The maximum atomic E-state index is 5.77. The Balaban J connectivity index is 2.23. The van der Waals surface area contributed by atoms with E-state index >= 15 is 0 Å². The van der Waals surface area contributed by atoms with E-state index < -0.39 is 0 Å². The Morgan fingerprint density at radius 3 is 2.32 bits per heavy atom. The molecule has 0 bridgehead atoms. The number of nitrogens with one attached hydrogen (secondary N) is 1. The van der Waals surface area contributed by atoms with E-state index in [-0.39, 0.29) is 0 Å². The number of hydrogen-bond acceptors (Lipinski definition) is 2. The van der Waals surface area contributed by atoms with Crippen molar-refractivity contribution in [2.75, 3.05) is 19.7 Å². The van der Waals surface area contributed by atoms with Crippen molar-refractivity contribution in [2.24, 2.45) is 5.92 Å². The minimum Gasteiger partial charge on any atom is -0.490 e. The molecule has 0 aromatic heterocycles. The van der Waals surface area contributed by atoms with Gasteiger partial charge in [0, 0.05) is 11.0 Å². The van der Waals surface area contributed by atoms with Crippen LogP contribution in [0.1, 0.15) is 26.7 Å². The topological polar surface area (TPSA) is 21.3 Å². The van der Waals surface area contributed by atoms with Gasteiger partial charge in [-0.15, -0.1) is 0 Å². The van der Waals surface area contributed by atoms with Gasteiger partial charge in [0.05, 0.1) is 8.95 Å². The van der Waals surface area contributed by atoms with Crippen LogP contribution in [0.2, 0.25) is 0 Å². The van der Waals surface area contributed by atoms with E-state index in [1.165, 1.54) is 12.8 Å². The van der Waals surface area contributed by atoms with Gasteiger partial charge >= 0.3 is 0 Å². The van der Waals surface area contributed by atoms with Gasteiger partial charge < -0.3 is 10.1 Å². The Morgan fingerprint density at radius 1 is 1.11 bits per heavy atom. The third-order valence-electron chi connectivity index (χ3n) is 2.62. The molecule has 2 nitrogen and oxygen atoms in total. The van der Waals surface area contributed by atoms with E-state index in [0.717, 1.165) is 38.2 Å². The van der Waals surface area contributed by atoms with Crippen molar-refractivity contribution in [1.29, 1.82) is 0 Å². The number of ether oxygens (including phenoxy) is 1. The molecular formula is C14H20Br3NO. The first-order valence-corrected chi connectivity index (χ1v) is 8.86. The maximum Gasteiger partial charge on any atom is 0.147 e. The number of halogens is 3. The third-order valence-corrected chi connectivity index (χ3v) is 4.26. The largest absolute Gasteiger partial charge is 0.490 e. The van der Waals surface area contributed by atoms with Gasteiger partial charge in [-0.05, 0) is 69.3 Å². The van der Waals surface area contributed by atoms with Crippen molar-refractivity contribution in [1.82, 2.24) is 5.32 Å². The standard InChI is InChI=1S/C14H20Br3NO/c1-10(2)4-3-5-18-6-7-19-14-12(16)8-11(15)9-13(14)17/h8-10,18H,3-7H2,1-2H3. The Labute approximate surface area is 141 Å². The van der Waals surface area contributed by atoms with Crippen LogP contribution in [0.15, 0.2) is 25.6 Å². The number of rotatable bonds is 8. The first-order valence-electron chi connectivity index (χ1n) is 6.48. The monoisotopic (exact) mass is 455 g/mol. The van der Waals surface area contributed by atoms with Gasteiger partial charge in [-0.25, -0.2) is 0 Å². The molecule has 0 amide bonds. The van der Waals surface area contributed by atoms with Gasteiger partial charge in [-0.2, -0.15) is 0 Å². The summed E-state index contributed by atoms with van der Waals surface area (Å²) in [4.78, 5) is 0. The molecule has 0 spiro atoms. The van der Waals surface area contributed by atoms with E-state index in [4.69, 9.17) is 4.74 Å². The summed E-state index contributed by atoms with van der Waals surface area (Å²) < 4.78 is 8.70. The summed E-state index contributed by atoms with van der Waals surface area (Å²) in [7, 11) is 0. The van der Waals surface area contributed by atoms with Crippen LogP contribution >= 0.6 is 47.8 Å². The predicted molar refractivity (Wildman–Crippen MR) is 92.0 cm³/mol. The fourth-order valence-corrected chi connectivity index (χ4v) is 4.14. The highest BCUT2D eigenvalue weighted by Gasteiger charge is 2.07. The van der Waals surface area contributed by atoms with Gasteiger partial charge in [0.25, 0.3) is 0 Å². The lowest BCUT2D eigenvalue weighted by Gasteiger charge is -2.11. The molecule has 0 radical (unpaired) electrons. The summed E-state index contributed by atoms with van der Waals surface area (Å²) in [5, 5.41) is 3.40. The average molecular weight is 458 g/mol. The predicted octanol–water partition coefficient (Wildman–Crippen LogP) is 5.38. The van der Waals surface area contributed by atoms with E-state index in [0.29, 0.717) is 6.61 Å². The van der Waals surface area contributed by atoms with Crippen molar-refractivity contribution >= 4 is 47.8 Å². The van der Waals surface area contributed by atoms with Crippen molar-refractivity contribution in [3.8, 4) is 5.75 Å². The highest BCUT2D eigenvalue weighted by molar-refractivity contribution is 9.11. The number of hydrogen-bond donors (Lipinski definition) is 1.